The van der Waals surface area contributed by atoms with Gasteiger partial charge in [-0.05, 0) is 37.8 Å². The maximum Gasteiger partial charge on any atom is 0.258 e. The minimum absolute atomic E-state index is 0.0257. The lowest BCUT2D eigenvalue weighted by molar-refractivity contribution is -0.936. The van der Waals surface area contributed by atoms with Gasteiger partial charge in [0, 0.05) is 0 Å². The first-order valence-electron chi connectivity index (χ1n) is 7.48. The van der Waals surface area contributed by atoms with Crippen molar-refractivity contribution in [1.82, 2.24) is 9.97 Å². The van der Waals surface area contributed by atoms with E-state index < -0.39 is 0 Å². The summed E-state index contributed by atoms with van der Waals surface area (Å²) in [6, 6.07) is 7.79. The summed E-state index contributed by atoms with van der Waals surface area (Å²) in [5, 5.41) is 0.672. The molecule has 1 aliphatic heterocycles. The van der Waals surface area contributed by atoms with Crippen LogP contribution in [0.1, 0.15) is 38.6 Å². The lowest BCUT2D eigenvalue weighted by atomic mass is 9.98. The van der Waals surface area contributed by atoms with E-state index in [1.807, 2.05) is 24.3 Å². The minimum atomic E-state index is -0.0257. The van der Waals surface area contributed by atoms with Gasteiger partial charge in [0.15, 0.2) is 5.82 Å². The molecule has 2 N–H and O–H groups in total. The third-order valence-corrected chi connectivity index (χ3v) is 4.57. The van der Waals surface area contributed by atoms with Gasteiger partial charge < -0.3 is 9.88 Å². The molecule has 1 fully saturated rings. The zero-order valence-electron chi connectivity index (χ0n) is 12.1. The van der Waals surface area contributed by atoms with Crippen molar-refractivity contribution in [3.05, 3.63) is 40.4 Å². The number of hydrogen-bond donors (Lipinski definition) is 2. The number of aromatic nitrogens is 2. The quantitative estimate of drug-likeness (QED) is 0.866. The fourth-order valence-corrected chi connectivity index (χ4v) is 3.07. The first kappa shape index (κ1) is 13.3. The number of nitrogens with zero attached hydrogens (tertiary/aromatic N) is 1. The highest BCUT2D eigenvalue weighted by Crippen LogP contribution is 2.12. The van der Waals surface area contributed by atoms with Crippen LogP contribution >= 0.6 is 0 Å². The summed E-state index contributed by atoms with van der Waals surface area (Å²) in [5.41, 5.74) is 0.769. The number of likely N-dealkylation sites (tertiary alicyclic amines) is 1. The molecule has 0 aliphatic carbocycles. The average Bonchev–Trinajstić information content (AvgIpc) is 2.47. The number of nitrogens with one attached hydrogen (secondary N) is 2. The summed E-state index contributed by atoms with van der Waals surface area (Å²) >= 11 is 0. The van der Waals surface area contributed by atoms with Crippen molar-refractivity contribution < 1.29 is 4.90 Å². The molecule has 4 heteroatoms. The van der Waals surface area contributed by atoms with Gasteiger partial charge >= 0.3 is 0 Å². The van der Waals surface area contributed by atoms with Gasteiger partial charge in [-0.3, -0.25) is 4.79 Å². The van der Waals surface area contributed by atoms with Crippen molar-refractivity contribution >= 4 is 10.9 Å². The molecule has 0 saturated carbocycles. The van der Waals surface area contributed by atoms with Gasteiger partial charge in [0.25, 0.3) is 5.56 Å². The van der Waals surface area contributed by atoms with Crippen molar-refractivity contribution in [2.24, 2.45) is 5.92 Å². The highest BCUT2D eigenvalue weighted by Gasteiger charge is 2.26. The summed E-state index contributed by atoms with van der Waals surface area (Å²) in [6.07, 6.45) is 2.52. The predicted octanol–water partition coefficient (Wildman–Crippen LogP) is 1.30. The third-order valence-electron chi connectivity index (χ3n) is 4.57. The predicted molar refractivity (Wildman–Crippen MR) is 79.9 cm³/mol. The highest BCUT2D eigenvalue weighted by molar-refractivity contribution is 5.77. The molecule has 1 saturated heterocycles. The Morgan fingerprint density at radius 3 is 2.75 bits per heavy atom. The fourth-order valence-electron chi connectivity index (χ4n) is 3.07. The number of H-pyrrole nitrogens is 1. The van der Waals surface area contributed by atoms with Crippen LogP contribution in [-0.4, -0.2) is 23.1 Å². The van der Waals surface area contributed by atoms with E-state index in [1.165, 1.54) is 30.8 Å². The van der Waals surface area contributed by atoms with Crippen molar-refractivity contribution in [2.45, 2.75) is 32.7 Å². The topological polar surface area (TPSA) is 50.2 Å². The van der Waals surface area contributed by atoms with Crippen molar-refractivity contribution in [1.29, 1.82) is 0 Å². The molecule has 4 nitrogen and oxygen atoms in total. The normalized spacial score (nSPS) is 24.7. The molecule has 3 rings (SSSR count). The monoisotopic (exact) mass is 272 g/mol. The maximum atomic E-state index is 12.1. The number of rotatable bonds is 2. The molecule has 1 atom stereocenters. The van der Waals surface area contributed by atoms with Gasteiger partial charge in [0.2, 0.25) is 0 Å². The van der Waals surface area contributed by atoms with Gasteiger partial charge in [-0.1, -0.05) is 19.1 Å². The fraction of sp³-hybridized carbons (Fsp3) is 0.500. The number of hydrogen-bond acceptors (Lipinski definition) is 2. The van der Waals surface area contributed by atoms with E-state index in [0.717, 1.165) is 17.3 Å². The van der Waals surface area contributed by atoms with Gasteiger partial charge in [-0.25, -0.2) is 4.98 Å². The molecule has 0 radical (unpaired) electrons. The second-order valence-electron chi connectivity index (χ2n) is 6.03. The molecular weight excluding hydrogens is 250 g/mol. The molecule has 1 aliphatic rings. The summed E-state index contributed by atoms with van der Waals surface area (Å²) in [5.74, 6) is 1.65. The van der Waals surface area contributed by atoms with Gasteiger partial charge in [-0.15, -0.1) is 0 Å². The molecule has 20 heavy (non-hydrogen) atoms. The van der Waals surface area contributed by atoms with E-state index in [0.29, 0.717) is 5.39 Å². The molecule has 0 spiro atoms. The zero-order chi connectivity index (χ0) is 14.1. The Labute approximate surface area is 118 Å². The first-order chi connectivity index (χ1) is 9.65. The van der Waals surface area contributed by atoms with Gasteiger partial charge in [0.1, 0.15) is 6.04 Å². The molecular formula is C16H22N3O+. The Morgan fingerprint density at radius 1 is 1.30 bits per heavy atom. The minimum Gasteiger partial charge on any atom is -0.326 e. The Kier molecular flexibility index (Phi) is 3.57. The lowest BCUT2D eigenvalue weighted by Crippen LogP contribution is -3.13. The van der Waals surface area contributed by atoms with E-state index in [2.05, 4.69) is 23.8 Å². The number of para-hydroxylation sites is 1. The van der Waals surface area contributed by atoms with Crippen LogP contribution in [-0.2, 0) is 0 Å². The molecule has 2 aromatic rings. The molecule has 0 bridgehead atoms. The molecule has 0 amide bonds. The molecule has 1 aromatic heterocycles. The molecule has 1 aromatic carbocycles. The molecule has 106 valence electrons. The molecule has 2 heterocycles. The maximum absolute atomic E-state index is 12.1. The van der Waals surface area contributed by atoms with E-state index in [1.54, 1.807) is 0 Å². The Balaban J connectivity index is 1.92. The van der Waals surface area contributed by atoms with E-state index in [9.17, 15) is 4.79 Å². The average molecular weight is 272 g/mol. The van der Waals surface area contributed by atoms with Crippen LogP contribution in [0.25, 0.3) is 10.9 Å². The smallest absolute Gasteiger partial charge is 0.258 e. The highest BCUT2D eigenvalue weighted by atomic mass is 16.1. The van der Waals surface area contributed by atoms with Crippen LogP contribution in [0.2, 0.25) is 0 Å². The van der Waals surface area contributed by atoms with Gasteiger partial charge in [0.05, 0.1) is 24.0 Å². The number of aromatic amines is 1. The van der Waals surface area contributed by atoms with Crippen LogP contribution in [0.5, 0.6) is 0 Å². The third kappa shape index (κ3) is 2.48. The van der Waals surface area contributed by atoms with Crippen LogP contribution < -0.4 is 10.5 Å². The van der Waals surface area contributed by atoms with Crippen LogP contribution in [0.4, 0.5) is 0 Å². The Bertz CT molecular complexity index is 656. The van der Waals surface area contributed by atoms with E-state index >= 15 is 0 Å². The SMILES string of the molecule is CC1CC[NH+]([C@@H](C)c2nc3ccccc3c(=O)[nH]2)CC1. The first-order valence-corrected chi connectivity index (χ1v) is 7.48. The molecule has 0 unspecified atom stereocenters. The number of piperidine rings is 1. The van der Waals surface area contributed by atoms with E-state index in [4.69, 9.17) is 0 Å². The summed E-state index contributed by atoms with van der Waals surface area (Å²) < 4.78 is 0. The van der Waals surface area contributed by atoms with Crippen LogP contribution in [0.3, 0.4) is 0 Å². The second-order valence-corrected chi connectivity index (χ2v) is 6.03. The van der Waals surface area contributed by atoms with Gasteiger partial charge in [-0.2, -0.15) is 0 Å². The summed E-state index contributed by atoms with van der Waals surface area (Å²) in [7, 11) is 0. The number of fused-ring (bicyclic) bond motifs is 1. The second kappa shape index (κ2) is 5.37. The zero-order valence-corrected chi connectivity index (χ0v) is 12.1. The number of quaternary nitrogens is 1. The Morgan fingerprint density at radius 2 is 2.00 bits per heavy atom. The van der Waals surface area contributed by atoms with Crippen LogP contribution in [0.15, 0.2) is 29.1 Å². The summed E-state index contributed by atoms with van der Waals surface area (Å²) in [4.78, 5) is 21.3. The van der Waals surface area contributed by atoms with Crippen molar-refractivity contribution in [3.63, 3.8) is 0 Å². The van der Waals surface area contributed by atoms with E-state index in [-0.39, 0.29) is 11.6 Å². The van der Waals surface area contributed by atoms with Crippen molar-refractivity contribution in [2.75, 3.05) is 13.1 Å². The largest absolute Gasteiger partial charge is 0.326 e. The number of benzene rings is 1. The lowest BCUT2D eigenvalue weighted by Gasteiger charge is -2.31. The van der Waals surface area contributed by atoms with Crippen LogP contribution in [0, 0.1) is 5.92 Å². The van der Waals surface area contributed by atoms with Crippen molar-refractivity contribution in [3.8, 4) is 0 Å². The Hall–Kier alpha value is -1.68. The standard InChI is InChI=1S/C16H21N3O/c1-11-7-9-19(10-8-11)12(2)15-17-14-6-4-3-5-13(14)16(20)18-15/h3-6,11-12H,7-10H2,1-2H3,(H,17,18,20)/p+1/t12-/m0/s1. The summed E-state index contributed by atoms with van der Waals surface area (Å²) in [6.45, 7) is 6.81.